The zero-order valence-electron chi connectivity index (χ0n) is 27.4. The highest BCUT2D eigenvalue weighted by Crippen LogP contribution is 2.52. The van der Waals surface area contributed by atoms with Gasteiger partial charge < -0.3 is 4.90 Å². The van der Waals surface area contributed by atoms with Crippen molar-refractivity contribution in [1.82, 2.24) is 0 Å². The van der Waals surface area contributed by atoms with Gasteiger partial charge in [0.2, 0.25) is 0 Å². The molecule has 2 heteroatoms. The van der Waals surface area contributed by atoms with E-state index < -0.39 is 0 Å². The van der Waals surface area contributed by atoms with Crippen LogP contribution in [0.25, 0.3) is 64.0 Å². The Balaban J connectivity index is 1.23. The van der Waals surface area contributed by atoms with Crippen molar-refractivity contribution in [3.63, 3.8) is 0 Å². The number of nitrogens with zero attached hydrogens (tertiary/aromatic N) is 1. The molecule has 0 N–H and O–H groups in total. The van der Waals surface area contributed by atoms with Gasteiger partial charge in [-0.05, 0) is 97.4 Å². The molecule has 1 nitrogen and oxygen atoms in total. The first-order valence-electron chi connectivity index (χ1n) is 17.0. The van der Waals surface area contributed by atoms with E-state index in [0.29, 0.717) is 0 Å². The van der Waals surface area contributed by atoms with Crippen LogP contribution in [0, 0.1) is 0 Å². The van der Waals surface area contributed by atoms with Crippen molar-refractivity contribution in [2.75, 3.05) is 4.90 Å². The second-order valence-corrected chi connectivity index (χ2v) is 14.8. The van der Waals surface area contributed by atoms with E-state index >= 15 is 0 Å². The number of hydrogen-bond acceptors (Lipinski definition) is 2. The molecule has 232 valence electrons. The third-order valence-corrected chi connectivity index (χ3v) is 11.8. The smallest absolute Gasteiger partial charge is 0.0554 e. The lowest BCUT2D eigenvalue weighted by atomic mass is 9.82. The van der Waals surface area contributed by atoms with E-state index in [4.69, 9.17) is 0 Å². The normalized spacial score (nSPS) is 13.3. The molecule has 1 aliphatic rings. The van der Waals surface area contributed by atoms with E-state index in [1.807, 2.05) is 11.3 Å². The van der Waals surface area contributed by atoms with Crippen LogP contribution in [0.4, 0.5) is 17.1 Å². The number of fused-ring (bicyclic) bond motifs is 9. The summed E-state index contributed by atoms with van der Waals surface area (Å²) in [6.07, 6.45) is 0. The lowest BCUT2D eigenvalue weighted by Gasteiger charge is -2.28. The van der Waals surface area contributed by atoms with Crippen LogP contribution >= 0.6 is 11.3 Å². The van der Waals surface area contributed by atoms with Crippen LogP contribution < -0.4 is 4.90 Å². The Hall–Kier alpha value is -5.70. The van der Waals surface area contributed by atoms with Gasteiger partial charge in [0, 0.05) is 37.0 Å². The van der Waals surface area contributed by atoms with Crippen molar-refractivity contribution in [2.45, 2.75) is 19.3 Å². The van der Waals surface area contributed by atoms with Crippen LogP contribution in [0.15, 0.2) is 164 Å². The van der Waals surface area contributed by atoms with Crippen LogP contribution in [-0.2, 0) is 5.41 Å². The molecule has 0 spiro atoms. The average molecular weight is 644 g/mol. The van der Waals surface area contributed by atoms with Crippen molar-refractivity contribution >= 4 is 70.1 Å². The summed E-state index contributed by atoms with van der Waals surface area (Å²) < 4.78 is 2.64. The monoisotopic (exact) mass is 643 g/mol. The first-order chi connectivity index (χ1) is 24.0. The molecule has 49 heavy (non-hydrogen) atoms. The van der Waals surface area contributed by atoms with Crippen LogP contribution in [0.3, 0.4) is 0 Å². The van der Waals surface area contributed by atoms with E-state index in [9.17, 15) is 0 Å². The maximum Gasteiger partial charge on any atom is 0.0554 e. The fourth-order valence-corrected chi connectivity index (χ4v) is 9.45. The summed E-state index contributed by atoms with van der Waals surface area (Å²) in [5.74, 6) is 0. The van der Waals surface area contributed by atoms with Crippen molar-refractivity contribution in [3.8, 4) is 22.3 Å². The van der Waals surface area contributed by atoms with E-state index in [1.54, 1.807) is 0 Å². The molecular formula is C47H33NS. The maximum absolute atomic E-state index is 2.49. The lowest BCUT2D eigenvalue weighted by Crippen LogP contribution is -2.15. The first-order valence-corrected chi connectivity index (χ1v) is 17.8. The average Bonchev–Trinajstić information content (AvgIpc) is 3.65. The summed E-state index contributed by atoms with van der Waals surface area (Å²) in [6, 6.07) is 60.7. The maximum atomic E-state index is 2.49. The zero-order chi connectivity index (χ0) is 32.7. The van der Waals surface area contributed by atoms with E-state index in [2.05, 4.69) is 183 Å². The van der Waals surface area contributed by atoms with Gasteiger partial charge in [0.25, 0.3) is 0 Å². The van der Waals surface area contributed by atoms with E-state index in [-0.39, 0.29) is 5.41 Å². The van der Waals surface area contributed by atoms with Crippen LogP contribution in [0.2, 0.25) is 0 Å². The fourth-order valence-electron chi connectivity index (χ4n) is 8.19. The molecule has 0 amide bonds. The summed E-state index contributed by atoms with van der Waals surface area (Å²) in [5, 5.41) is 7.71. The van der Waals surface area contributed by atoms with Crippen LogP contribution in [0.1, 0.15) is 25.0 Å². The summed E-state index contributed by atoms with van der Waals surface area (Å²) in [7, 11) is 0. The molecule has 0 aliphatic heterocycles. The number of rotatable bonds is 4. The number of thiophene rings is 1. The Morgan fingerprint density at radius 3 is 2.10 bits per heavy atom. The summed E-state index contributed by atoms with van der Waals surface area (Å²) in [6.45, 7) is 4.70. The van der Waals surface area contributed by atoms with Gasteiger partial charge >= 0.3 is 0 Å². The van der Waals surface area contributed by atoms with E-state index in [1.165, 1.54) is 80.8 Å². The minimum Gasteiger partial charge on any atom is -0.310 e. The second-order valence-electron chi connectivity index (χ2n) is 13.8. The molecule has 1 aromatic heterocycles. The predicted octanol–water partition coefficient (Wildman–Crippen LogP) is 13.8. The molecule has 1 heterocycles. The standard InChI is InChI=1S/C47H33NS/c1-47(2)41-18-8-7-17-38(41)40-29-36(24-26-42(40)47)48(35-15-9-14-33(28-35)34-22-21-30-11-3-4-13-32(30)27-34)43-19-10-20-44-45(43)39-25-23-31-12-5-6-16-37(31)46(39)49-44/h3-29H,1-2H3. The third kappa shape index (κ3) is 4.31. The first kappa shape index (κ1) is 28.3. The number of benzene rings is 8. The van der Waals surface area contributed by atoms with Gasteiger partial charge in [-0.25, -0.2) is 0 Å². The van der Waals surface area contributed by atoms with Crippen molar-refractivity contribution in [3.05, 3.63) is 175 Å². The molecule has 0 radical (unpaired) electrons. The molecule has 0 unspecified atom stereocenters. The Bertz CT molecular complexity index is 2770. The largest absolute Gasteiger partial charge is 0.310 e. The van der Waals surface area contributed by atoms with Gasteiger partial charge in [-0.15, -0.1) is 11.3 Å². The van der Waals surface area contributed by atoms with Gasteiger partial charge in [0.1, 0.15) is 0 Å². The Morgan fingerprint density at radius 2 is 1.18 bits per heavy atom. The van der Waals surface area contributed by atoms with E-state index in [0.717, 1.165) is 11.4 Å². The highest BCUT2D eigenvalue weighted by Gasteiger charge is 2.35. The second kappa shape index (κ2) is 10.7. The Labute approximate surface area is 290 Å². The minimum atomic E-state index is -0.0457. The van der Waals surface area contributed by atoms with Crippen molar-refractivity contribution in [2.24, 2.45) is 0 Å². The quantitative estimate of drug-likeness (QED) is 0.184. The zero-order valence-corrected chi connectivity index (χ0v) is 28.3. The molecule has 0 saturated carbocycles. The molecule has 8 aromatic carbocycles. The molecule has 9 aromatic rings. The van der Waals surface area contributed by atoms with Crippen LogP contribution in [0.5, 0.6) is 0 Å². The summed E-state index contributed by atoms with van der Waals surface area (Å²) >= 11 is 1.90. The fraction of sp³-hybridized carbons (Fsp3) is 0.0638. The van der Waals surface area contributed by atoms with Gasteiger partial charge in [-0.1, -0.05) is 135 Å². The number of anilines is 3. The van der Waals surface area contributed by atoms with Gasteiger partial charge in [0.05, 0.1) is 5.69 Å². The third-order valence-electron chi connectivity index (χ3n) is 10.6. The van der Waals surface area contributed by atoms with Crippen LogP contribution in [-0.4, -0.2) is 0 Å². The molecule has 0 atom stereocenters. The van der Waals surface area contributed by atoms with Crippen molar-refractivity contribution in [1.29, 1.82) is 0 Å². The number of hydrogen-bond donors (Lipinski definition) is 0. The molecule has 0 saturated heterocycles. The summed E-state index contributed by atoms with van der Waals surface area (Å²) in [4.78, 5) is 2.49. The molecule has 1 aliphatic carbocycles. The highest BCUT2D eigenvalue weighted by atomic mass is 32.1. The molecular weight excluding hydrogens is 611 g/mol. The summed E-state index contributed by atoms with van der Waals surface area (Å²) in [5.41, 5.74) is 11.3. The van der Waals surface area contributed by atoms with Gasteiger partial charge in [-0.3, -0.25) is 0 Å². The predicted molar refractivity (Wildman–Crippen MR) is 212 cm³/mol. The SMILES string of the molecule is CC1(C)c2ccccc2-c2cc(N(c3cccc(-c4ccc5ccccc5c4)c3)c3cccc4sc5c6ccccc6ccc5c34)ccc21. The van der Waals surface area contributed by atoms with Gasteiger partial charge in [-0.2, -0.15) is 0 Å². The molecule has 0 bridgehead atoms. The Morgan fingerprint density at radius 1 is 0.469 bits per heavy atom. The molecule has 10 rings (SSSR count). The minimum absolute atomic E-state index is 0.0457. The Kier molecular flexibility index (Phi) is 6.16. The highest BCUT2D eigenvalue weighted by molar-refractivity contribution is 7.26. The molecule has 0 fully saturated rings. The van der Waals surface area contributed by atoms with Gasteiger partial charge in [0.15, 0.2) is 0 Å². The topological polar surface area (TPSA) is 3.24 Å². The van der Waals surface area contributed by atoms with Crippen molar-refractivity contribution < 1.29 is 0 Å². The lowest BCUT2D eigenvalue weighted by molar-refractivity contribution is 0.660.